The first-order valence-corrected chi connectivity index (χ1v) is 9.24. The van der Waals surface area contributed by atoms with Crippen molar-refractivity contribution >= 4 is 17.5 Å². The molecule has 1 saturated heterocycles. The second-order valence-electron chi connectivity index (χ2n) is 6.54. The maximum Gasteiger partial charge on any atom is 0.252 e. The molecule has 3 rings (SSSR count). The highest BCUT2D eigenvalue weighted by Gasteiger charge is 2.26. The van der Waals surface area contributed by atoms with Gasteiger partial charge in [-0.15, -0.1) is 0 Å². The maximum absolute atomic E-state index is 11.4. The first-order valence-electron chi connectivity index (χ1n) is 8.86. The summed E-state index contributed by atoms with van der Waals surface area (Å²) in [6.07, 6.45) is 0.210. The zero-order valence-electron chi connectivity index (χ0n) is 14.9. The normalized spacial score (nSPS) is 18.2. The molecular weight excluding hydrogens is 368 g/mol. The highest BCUT2D eigenvalue weighted by Crippen LogP contribution is 2.26. The molecule has 1 aliphatic rings. The van der Waals surface area contributed by atoms with E-state index in [1.165, 1.54) is 0 Å². The number of hydrogen-bond donors (Lipinski definition) is 2. The molecule has 0 aromatic heterocycles. The first-order chi connectivity index (χ1) is 13.0. The van der Waals surface area contributed by atoms with Gasteiger partial charge in [0.05, 0.1) is 10.6 Å². The van der Waals surface area contributed by atoms with Crippen LogP contribution in [-0.2, 0) is 0 Å². The largest absolute Gasteiger partial charge is 0.490 e. The quantitative estimate of drug-likeness (QED) is 0.722. The summed E-state index contributed by atoms with van der Waals surface area (Å²) >= 11 is 6.13. The molecule has 0 saturated carbocycles. The fourth-order valence-corrected chi connectivity index (χ4v) is 3.29. The van der Waals surface area contributed by atoms with Gasteiger partial charge in [-0.25, -0.2) is 0 Å². The Morgan fingerprint density at radius 1 is 1.22 bits per heavy atom. The highest BCUT2D eigenvalue weighted by molar-refractivity contribution is 6.32. The van der Waals surface area contributed by atoms with Crippen LogP contribution in [0.5, 0.6) is 11.5 Å². The number of nitrogens with two attached hydrogens (primary N) is 1. The van der Waals surface area contributed by atoms with Crippen LogP contribution in [0.25, 0.3) is 0 Å². The Morgan fingerprint density at radius 2 is 1.93 bits per heavy atom. The van der Waals surface area contributed by atoms with Crippen molar-refractivity contribution in [2.24, 2.45) is 5.73 Å². The van der Waals surface area contributed by atoms with Crippen molar-refractivity contribution < 1.29 is 19.4 Å². The van der Waals surface area contributed by atoms with Crippen LogP contribution in [0.2, 0.25) is 5.02 Å². The molecule has 2 atom stereocenters. The lowest BCUT2D eigenvalue weighted by molar-refractivity contribution is 0.0711. The number of carbonyl (C=O) groups is 1. The van der Waals surface area contributed by atoms with Gasteiger partial charge in [-0.3, -0.25) is 9.69 Å². The lowest BCUT2D eigenvalue weighted by Gasteiger charge is -2.21. The molecule has 2 unspecified atom stereocenters. The van der Waals surface area contributed by atoms with Crippen LogP contribution in [0.3, 0.4) is 0 Å². The van der Waals surface area contributed by atoms with Crippen LogP contribution in [0.15, 0.2) is 48.5 Å². The SMILES string of the molecule is NC(=O)c1ccccc1OCC(O)CN1CCC(Oc2ccccc2Cl)C1. The Kier molecular flexibility index (Phi) is 6.55. The van der Waals surface area contributed by atoms with Crippen molar-refractivity contribution in [3.05, 3.63) is 59.1 Å². The molecule has 0 spiro atoms. The molecule has 2 aromatic rings. The Morgan fingerprint density at radius 3 is 2.67 bits per heavy atom. The fourth-order valence-electron chi connectivity index (χ4n) is 3.11. The first kappa shape index (κ1) is 19.5. The summed E-state index contributed by atoms with van der Waals surface area (Å²) in [6, 6.07) is 14.1. The summed E-state index contributed by atoms with van der Waals surface area (Å²) in [5, 5.41) is 10.9. The van der Waals surface area contributed by atoms with Gasteiger partial charge >= 0.3 is 0 Å². The van der Waals surface area contributed by atoms with Crippen molar-refractivity contribution in [1.82, 2.24) is 4.90 Å². The molecule has 3 N–H and O–H groups in total. The van der Waals surface area contributed by atoms with Gasteiger partial charge < -0.3 is 20.3 Å². The van der Waals surface area contributed by atoms with E-state index in [4.69, 9.17) is 26.8 Å². The van der Waals surface area contributed by atoms with Gasteiger partial charge in [-0.05, 0) is 30.7 Å². The third-order valence-electron chi connectivity index (χ3n) is 4.41. The van der Waals surface area contributed by atoms with Crippen LogP contribution in [0.4, 0.5) is 0 Å². The smallest absolute Gasteiger partial charge is 0.252 e. The van der Waals surface area contributed by atoms with Crippen LogP contribution >= 0.6 is 11.6 Å². The molecule has 0 bridgehead atoms. The maximum atomic E-state index is 11.4. The van der Waals surface area contributed by atoms with Crippen molar-refractivity contribution in [3.8, 4) is 11.5 Å². The van der Waals surface area contributed by atoms with Crippen LogP contribution < -0.4 is 15.2 Å². The van der Waals surface area contributed by atoms with Crippen molar-refractivity contribution in [2.75, 3.05) is 26.2 Å². The number of β-amino-alcohol motifs (C(OH)–C–C–N with tert-alkyl or cyclic N) is 1. The molecule has 1 amide bonds. The Bertz CT molecular complexity index is 786. The second-order valence-corrected chi connectivity index (χ2v) is 6.95. The lowest BCUT2D eigenvalue weighted by atomic mass is 10.2. The number of hydrogen-bond acceptors (Lipinski definition) is 5. The number of para-hydroxylation sites is 2. The fraction of sp³-hybridized carbons (Fsp3) is 0.350. The predicted molar refractivity (Wildman–Crippen MR) is 103 cm³/mol. The molecule has 2 aromatic carbocycles. The molecular formula is C20H23ClN2O4. The number of rotatable bonds is 8. The van der Waals surface area contributed by atoms with E-state index >= 15 is 0 Å². The molecule has 1 heterocycles. The third-order valence-corrected chi connectivity index (χ3v) is 4.72. The number of amides is 1. The number of primary amides is 1. The van der Waals surface area contributed by atoms with E-state index in [0.29, 0.717) is 35.2 Å². The van der Waals surface area contributed by atoms with E-state index < -0.39 is 12.0 Å². The number of nitrogens with zero attached hydrogens (tertiary/aromatic N) is 1. The van der Waals surface area contributed by atoms with E-state index in [1.807, 2.05) is 18.2 Å². The van der Waals surface area contributed by atoms with Gasteiger partial charge in [0, 0.05) is 19.6 Å². The van der Waals surface area contributed by atoms with Crippen LogP contribution in [0.1, 0.15) is 16.8 Å². The number of halogens is 1. The molecule has 27 heavy (non-hydrogen) atoms. The van der Waals surface area contributed by atoms with Gasteiger partial charge in [-0.2, -0.15) is 0 Å². The van der Waals surface area contributed by atoms with Gasteiger partial charge in [0.1, 0.15) is 30.3 Å². The minimum atomic E-state index is -0.690. The molecule has 6 nitrogen and oxygen atoms in total. The van der Waals surface area contributed by atoms with Crippen LogP contribution in [-0.4, -0.2) is 54.4 Å². The average molecular weight is 391 g/mol. The Labute approximate surface area is 163 Å². The molecule has 1 fully saturated rings. The third kappa shape index (κ3) is 5.35. The molecule has 1 aliphatic heterocycles. The number of likely N-dealkylation sites (tertiary alicyclic amines) is 1. The van der Waals surface area contributed by atoms with Gasteiger partial charge in [0.15, 0.2) is 0 Å². The molecule has 0 aliphatic carbocycles. The lowest BCUT2D eigenvalue weighted by Crippen LogP contribution is -2.35. The molecule has 7 heteroatoms. The van der Waals surface area contributed by atoms with E-state index in [0.717, 1.165) is 13.0 Å². The van der Waals surface area contributed by atoms with Gasteiger partial charge in [0.25, 0.3) is 5.91 Å². The summed E-state index contributed by atoms with van der Waals surface area (Å²) in [4.78, 5) is 13.5. The van der Waals surface area contributed by atoms with E-state index in [1.54, 1.807) is 30.3 Å². The monoisotopic (exact) mass is 390 g/mol. The summed E-state index contributed by atoms with van der Waals surface area (Å²) in [7, 11) is 0. The predicted octanol–water partition coefficient (Wildman–Crippen LogP) is 2.33. The zero-order chi connectivity index (χ0) is 19.2. The summed E-state index contributed by atoms with van der Waals surface area (Å²) in [6.45, 7) is 2.07. The number of aliphatic hydroxyl groups excluding tert-OH is 1. The number of aliphatic hydroxyl groups is 1. The second kappa shape index (κ2) is 9.08. The standard InChI is InChI=1S/C20H23ClN2O4/c21-17-6-2-4-8-19(17)27-15-9-10-23(12-15)11-14(24)13-26-18-7-3-1-5-16(18)20(22)25/h1-8,14-15,24H,9-13H2,(H2,22,25). The van der Waals surface area contributed by atoms with Gasteiger partial charge in [0.2, 0.25) is 0 Å². The topological polar surface area (TPSA) is 85.0 Å². The molecule has 0 radical (unpaired) electrons. The minimum absolute atomic E-state index is 0.0357. The van der Waals surface area contributed by atoms with E-state index in [-0.39, 0.29) is 12.7 Å². The average Bonchev–Trinajstić information content (AvgIpc) is 3.09. The zero-order valence-corrected chi connectivity index (χ0v) is 15.6. The Balaban J connectivity index is 1.46. The van der Waals surface area contributed by atoms with E-state index in [2.05, 4.69) is 4.90 Å². The Hall–Kier alpha value is -2.28. The number of benzene rings is 2. The summed E-state index contributed by atoms with van der Waals surface area (Å²) in [5.41, 5.74) is 5.63. The highest BCUT2D eigenvalue weighted by atomic mass is 35.5. The van der Waals surface area contributed by atoms with Gasteiger partial charge in [-0.1, -0.05) is 35.9 Å². The number of ether oxygens (including phenoxy) is 2. The minimum Gasteiger partial charge on any atom is -0.490 e. The van der Waals surface area contributed by atoms with E-state index in [9.17, 15) is 9.90 Å². The number of carbonyl (C=O) groups excluding carboxylic acids is 1. The van der Waals surface area contributed by atoms with Crippen molar-refractivity contribution in [1.29, 1.82) is 0 Å². The van der Waals surface area contributed by atoms with Crippen LogP contribution in [0, 0.1) is 0 Å². The molecule has 144 valence electrons. The van der Waals surface area contributed by atoms with Crippen molar-refractivity contribution in [3.63, 3.8) is 0 Å². The summed E-state index contributed by atoms with van der Waals surface area (Å²) in [5.74, 6) is 0.502. The van der Waals surface area contributed by atoms with Crippen molar-refractivity contribution in [2.45, 2.75) is 18.6 Å². The summed E-state index contributed by atoms with van der Waals surface area (Å²) < 4.78 is 11.5.